The Labute approximate surface area is 122 Å². The molecule has 1 rings (SSSR count). The number of hydrogen-bond donors (Lipinski definition) is 1. The highest BCUT2D eigenvalue weighted by molar-refractivity contribution is 6.48. The first-order valence-electron chi connectivity index (χ1n) is 6.38. The van der Waals surface area contributed by atoms with E-state index in [4.69, 9.17) is 21.2 Å². The molecule has 1 atom stereocenters. The fraction of sp³-hybridized carbons (Fsp3) is 0.500. The molecule has 3 nitrogen and oxygen atoms in total. The van der Waals surface area contributed by atoms with Crippen LogP contribution in [0.5, 0.6) is 0 Å². The fourth-order valence-corrected chi connectivity index (χ4v) is 3.24. The normalized spacial score (nSPS) is 14.3. The van der Waals surface area contributed by atoms with Crippen molar-refractivity contribution < 1.29 is 9.63 Å². The van der Waals surface area contributed by atoms with Crippen molar-refractivity contribution in [1.82, 2.24) is 0 Å². The number of oxime groups is 1. The lowest BCUT2D eigenvalue weighted by Crippen LogP contribution is -2.26. The van der Waals surface area contributed by atoms with Gasteiger partial charge in [-0.05, 0) is 41.8 Å². The van der Waals surface area contributed by atoms with Crippen LogP contribution in [-0.4, -0.2) is 20.5 Å². The number of rotatable bonds is 4. The predicted molar refractivity (Wildman–Crippen MR) is 83.0 cm³/mol. The van der Waals surface area contributed by atoms with Crippen LogP contribution in [0.25, 0.3) is 0 Å². The summed E-state index contributed by atoms with van der Waals surface area (Å²) in [7, 11) is -1.19. The smallest absolute Gasteiger partial charge is 0.171 e. The lowest BCUT2D eigenvalue weighted by molar-refractivity contribution is 0.0867. The molecular weight excluding hydrogens is 278 g/mol. The van der Waals surface area contributed by atoms with E-state index in [0.717, 1.165) is 11.1 Å². The van der Waals surface area contributed by atoms with Gasteiger partial charge in [0.25, 0.3) is 0 Å². The van der Waals surface area contributed by atoms with E-state index in [2.05, 4.69) is 39.0 Å². The van der Waals surface area contributed by atoms with Crippen molar-refractivity contribution in [1.29, 1.82) is 0 Å². The van der Waals surface area contributed by atoms with Crippen molar-refractivity contribution in [3.63, 3.8) is 0 Å². The molecule has 1 N–H and O–H groups in total. The monoisotopic (exact) mass is 299 g/mol. The average molecular weight is 300 g/mol. The van der Waals surface area contributed by atoms with Gasteiger partial charge in [-0.1, -0.05) is 43.6 Å². The Morgan fingerprint density at radius 2 is 2.00 bits per heavy atom. The summed E-state index contributed by atoms with van der Waals surface area (Å²) < 4.78 is 6.16. The lowest BCUT2D eigenvalue weighted by Gasteiger charge is -2.33. The molecule has 0 aliphatic rings. The molecular formula is C14H22ClNO2Si. The Hall–Kier alpha value is -0.843. The maximum absolute atomic E-state index is 8.64. The van der Waals surface area contributed by atoms with Gasteiger partial charge in [-0.15, -0.1) is 0 Å². The van der Waals surface area contributed by atoms with Crippen LogP contribution < -0.4 is 0 Å². The molecule has 0 fully saturated rings. The lowest BCUT2D eigenvalue weighted by atomic mass is 9.84. The molecule has 0 heterocycles. The van der Waals surface area contributed by atoms with Crippen molar-refractivity contribution in [3.05, 3.63) is 34.3 Å². The molecule has 106 valence electrons. The largest absolute Gasteiger partial charge is 0.413 e. The summed E-state index contributed by atoms with van der Waals surface area (Å²) in [6, 6.07) is 5.56. The minimum absolute atomic E-state index is 0.0457. The number of hydrogen-bond acceptors (Lipinski definition) is 3. The molecule has 0 amide bonds. The first kappa shape index (κ1) is 16.2. The molecule has 0 saturated carbocycles. The van der Waals surface area contributed by atoms with E-state index in [0.29, 0.717) is 5.02 Å². The third-order valence-corrected chi connectivity index (χ3v) is 3.86. The zero-order valence-corrected chi connectivity index (χ0v) is 14.1. The van der Waals surface area contributed by atoms with Gasteiger partial charge in [0.2, 0.25) is 0 Å². The number of benzene rings is 1. The highest BCUT2D eigenvalue weighted by Crippen LogP contribution is 2.39. The Morgan fingerprint density at radius 3 is 2.47 bits per heavy atom. The minimum Gasteiger partial charge on any atom is -0.413 e. The Bertz CT molecular complexity index is 455. The highest BCUT2D eigenvalue weighted by atomic mass is 35.5. The first-order valence-corrected chi connectivity index (χ1v) is 9.54. The van der Waals surface area contributed by atoms with Gasteiger partial charge in [-0.3, -0.25) is 0 Å². The predicted octanol–water partition coefficient (Wildman–Crippen LogP) is 4.24. The third-order valence-electron chi connectivity index (χ3n) is 2.70. The van der Waals surface area contributed by atoms with Gasteiger partial charge in [0.1, 0.15) is 0 Å². The molecule has 0 radical (unpaired) electrons. The van der Waals surface area contributed by atoms with Crippen LogP contribution in [0.15, 0.2) is 23.4 Å². The van der Waals surface area contributed by atoms with Crippen molar-refractivity contribution in [2.75, 3.05) is 0 Å². The van der Waals surface area contributed by atoms with Crippen LogP contribution in [0, 0.1) is 5.41 Å². The van der Waals surface area contributed by atoms with Gasteiger partial charge >= 0.3 is 0 Å². The van der Waals surface area contributed by atoms with Gasteiger partial charge in [0.05, 0.1) is 12.3 Å². The van der Waals surface area contributed by atoms with Crippen LogP contribution in [0.2, 0.25) is 18.1 Å². The van der Waals surface area contributed by atoms with Crippen LogP contribution >= 0.6 is 11.6 Å². The summed E-state index contributed by atoms with van der Waals surface area (Å²) in [5.74, 6) is 0. The number of nitrogens with zero attached hydrogens (tertiary/aromatic N) is 1. The second-order valence-corrected chi connectivity index (χ2v) is 8.73. The van der Waals surface area contributed by atoms with Crippen LogP contribution in [0.3, 0.4) is 0 Å². The molecule has 0 saturated heterocycles. The van der Waals surface area contributed by atoms with Crippen LogP contribution in [0.4, 0.5) is 0 Å². The first-order chi connectivity index (χ1) is 8.75. The van der Waals surface area contributed by atoms with Gasteiger partial charge < -0.3 is 9.63 Å². The van der Waals surface area contributed by atoms with E-state index in [1.807, 2.05) is 18.2 Å². The molecule has 0 aromatic heterocycles. The number of halogens is 1. The van der Waals surface area contributed by atoms with E-state index < -0.39 is 9.04 Å². The molecule has 0 spiro atoms. The molecule has 0 aliphatic carbocycles. The highest BCUT2D eigenvalue weighted by Gasteiger charge is 2.29. The SMILES string of the molecule is C[SiH](C)O[C@H](c1cc(C=NO)ccc1Cl)C(C)(C)C. The minimum atomic E-state index is -1.19. The van der Waals surface area contributed by atoms with Crippen molar-refractivity contribution >= 4 is 26.9 Å². The van der Waals surface area contributed by atoms with E-state index in [9.17, 15) is 0 Å². The summed E-state index contributed by atoms with van der Waals surface area (Å²) in [5.41, 5.74) is 1.72. The fourth-order valence-electron chi connectivity index (χ4n) is 1.93. The quantitative estimate of drug-likeness (QED) is 0.391. The standard InChI is InChI=1S/C14H22ClNO2Si/c1-14(2,3)13(18-19(4)5)11-8-10(9-16-17)6-7-12(11)15/h6-9,13,17,19H,1-5H3/t13-/m1/s1. The molecule has 1 aromatic rings. The summed E-state index contributed by atoms with van der Waals surface area (Å²) in [4.78, 5) is 0. The summed E-state index contributed by atoms with van der Waals surface area (Å²) in [6.45, 7) is 10.7. The van der Waals surface area contributed by atoms with E-state index in [-0.39, 0.29) is 11.5 Å². The molecule has 5 heteroatoms. The van der Waals surface area contributed by atoms with Crippen molar-refractivity contribution in [2.24, 2.45) is 10.6 Å². The van der Waals surface area contributed by atoms with Crippen LogP contribution in [0.1, 0.15) is 38.0 Å². The van der Waals surface area contributed by atoms with E-state index in [1.54, 1.807) is 0 Å². The Morgan fingerprint density at radius 1 is 1.37 bits per heavy atom. The summed E-state index contributed by atoms with van der Waals surface area (Å²) >= 11 is 6.31. The van der Waals surface area contributed by atoms with Gasteiger partial charge in [-0.25, -0.2) is 0 Å². The van der Waals surface area contributed by atoms with E-state index in [1.165, 1.54) is 6.21 Å². The second-order valence-electron chi connectivity index (χ2n) is 5.96. The maximum Gasteiger partial charge on any atom is 0.171 e. The zero-order valence-electron chi connectivity index (χ0n) is 12.1. The summed E-state index contributed by atoms with van der Waals surface area (Å²) in [6.07, 6.45) is 1.34. The van der Waals surface area contributed by atoms with Crippen LogP contribution in [-0.2, 0) is 4.43 Å². The zero-order chi connectivity index (χ0) is 14.6. The van der Waals surface area contributed by atoms with Gasteiger partial charge in [0.15, 0.2) is 9.04 Å². The Kier molecular flexibility index (Phi) is 5.59. The topological polar surface area (TPSA) is 41.8 Å². The molecule has 0 bridgehead atoms. The Balaban J connectivity index is 3.24. The second kappa shape index (κ2) is 6.55. The molecule has 0 unspecified atom stereocenters. The molecule has 19 heavy (non-hydrogen) atoms. The summed E-state index contributed by atoms with van der Waals surface area (Å²) in [5, 5.41) is 12.4. The van der Waals surface area contributed by atoms with Crippen molar-refractivity contribution in [2.45, 2.75) is 40.0 Å². The maximum atomic E-state index is 8.64. The average Bonchev–Trinajstić information content (AvgIpc) is 2.27. The third kappa shape index (κ3) is 4.64. The van der Waals surface area contributed by atoms with Gasteiger partial charge in [0, 0.05) is 5.02 Å². The molecule has 1 aromatic carbocycles. The molecule has 0 aliphatic heterocycles. The van der Waals surface area contributed by atoms with Gasteiger partial charge in [-0.2, -0.15) is 0 Å². The van der Waals surface area contributed by atoms with Crippen molar-refractivity contribution in [3.8, 4) is 0 Å². The van der Waals surface area contributed by atoms with E-state index >= 15 is 0 Å².